The van der Waals surface area contributed by atoms with E-state index in [1.807, 2.05) is 36.1 Å². The first-order chi connectivity index (χ1) is 12.2. The summed E-state index contributed by atoms with van der Waals surface area (Å²) in [4.78, 5) is 19.8. The number of aromatic nitrogens is 4. The van der Waals surface area contributed by atoms with Crippen molar-refractivity contribution in [2.24, 2.45) is 13.0 Å². The molecule has 0 saturated carbocycles. The topological polar surface area (TPSA) is 84.8 Å². The van der Waals surface area contributed by atoms with Crippen LogP contribution in [0.2, 0.25) is 0 Å². The number of nitrogens with one attached hydrogen (secondary N) is 2. The minimum absolute atomic E-state index is 0.0353. The summed E-state index contributed by atoms with van der Waals surface area (Å²) in [6.07, 6.45) is 7.19. The van der Waals surface area contributed by atoms with Gasteiger partial charge in [0.15, 0.2) is 0 Å². The molecule has 0 unspecified atom stereocenters. The summed E-state index contributed by atoms with van der Waals surface area (Å²) in [6.45, 7) is 1.31. The molecule has 0 aromatic carbocycles. The molecule has 0 spiro atoms. The number of H-pyrrole nitrogens is 1. The van der Waals surface area contributed by atoms with E-state index in [0.717, 1.165) is 36.2 Å². The van der Waals surface area contributed by atoms with E-state index in [9.17, 15) is 4.79 Å². The lowest BCUT2D eigenvalue weighted by Gasteiger charge is -2.31. The highest BCUT2D eigenvalue weighted by Gasteiger charge is 2.29. The quantitative estimate of drug-likeness (QED) is 0.763. The fraction of sp³-hybridized carbons (Fsp3) is 0.389. The summed E-state index contributed by atoms with van der Waals surface area (Å²) in [5.74, 6) is 0.127. The third-order valence-corrected chi connectivity index (χ3v) is 4.78. The van der Waals surface area contributed by atoms with Crippen LogP contribution in [0.5, 0.6) is 0 Å². The van der Waals surface area contributed by atoms with Gasteiger partial charge in [0.05, 0.1) is 11.3 Å². The molecule has 7 nitrogen and oxygen atoms in total. The van der Waals surface area contributed by atoms with E-state index in [0.29, 0.717) is 12.1 Å². The number of hydrogen-bond donors (Lipinski definition) is 2. The lowest BCUT2D eigenvalue weighted by atomic mass is 9.92. The molecular formula is C18H21N5O2. The van der Waals surface area contributed by atoms with Crippen molar-refractivity contribution >= 4 is 16.9 Å². The molecule has 130 valence electrons. The van der Waals surface area contributed by atoms with Crippen LogP contribution in [0.25, 0.3) is 11.0 Å². The Morgan fingerprint density at radius 3 is 3.24 bits per heavy atom. The van der Waals surface area contributed by atoms with Gasteiger partial charge in [0, 0.05) is 50.1 Å². The number of aryl methyl sites for hydroxylation is 1. The first kappa shape index (κ1) is 15.8. The van der Waals surface area contributed by atoms with Crippen molar-refractivity contribution in [2.75, 3.05) is 13.2 Å². The number of carbonyl (C=O) groups excluding carboxylic acids is 1. The number of hydrogen-bond acceptors (Lipinski definition) is 4. The molecule has 1 saturated heterocycles. The van der Waals surface area contributed by atoms with Crippen LogP contribution in [-0.2, 0) is 11.8 Å². The summed E-state index contributed by atoms with van der Waals surface area (Å²) < 4.78 is 7.81. The Bertz CT molecular complexity index is 884. The second kappa shape index (κ2) is 6.68. The van der Waals surface area contributed by atoms with Crippen molar-refractivity contribution in [3.8, 4) is 0 Å². The maximum Gasteiger partial charge on any atom is 0.252 e. The Balaban J connectivity index is 1.45. The first-order valence-corrected chi connectivity index (χ1v) is 8.53. The van der Waals surface area contributed by atoms with E-state index in [4.69, 9.17) is 4.74 Å². The smallest absolute Gasteiger partial charge is 0.252 e. The number of nitrogens with zero attached hydrogens (tertiary/aromatic N) is 3. The molecule has 0 aliphatic carbocycles. The zero-order valence-corrected chi connectivity index (χ0v) is 14.1. The summed E-state index contributed by atoms with van der Waals surface area (Å²) in [5, 5.41) is 8.20. The van der Waals surface area contributed by atoms with E-state index in [-0.39, 0.29) is 17.9 Å². The minimum Gasteiger partial charge on any atom is -0.372 e. The molecule has 3 aromatic heterocycles. The number of aromatic amines is 1. The van der Waals surface area contributed by atoms with Crippen LogP contribution in [0.15, 0.2) is 36.8 Å². The van der Waals surface area contributed by atoms with Crippen molar-refractivity contribution in [3.05, 3.63) is 48.0 Å². The van der Waals surface area contributed by atoms with E-state index in [1.54, 1.807) is 12.4 Å². The van der Waals surface area contributed by atoms with Crippen LogP contribution >= 0.6 is 0 Å². The molecule has 2 N–H and O–H groups in total. The van der Waals surface area contributed by atoms with E-state index in [2.05, 4.69) is 20.4 Å². The van der Waals surface area contributed by atoms with Gasteiger partial charge >= 0.3 is 0 Å². The van der Waals surface area contributed by atoms with Crippen molar-refractivity contribution in [2.45, 2.75) is 18.9 Å². The number of rotatable bonds is 4. The van der Waals surface area contributed by atoms with Gasteiger partial charge in [-0.05, 0) is 31.0 Å². The van der Waals surface area contributed by atoms with Crippen LogP contribution < -0.4 is 5.32 Å². The standard InChI is InChI=1S/C18H21N5O2/c1-23-15(5-7-22-23)16-13(3-2-8-25-16)10-21-18(24)14-9-12-4-6-19-17(12)20-11-14/h4-7,9,11,13,16H,2-3,8,10H2,1H3,(H,19,20)(H,21,24)/t13-,16+/m0/s1. The molecule has 3 aromatic rings. The number of carbonyl (C=O) groups is 1. The van der Waals surface area contributed by atoms with Gasteiger partial charge in [0.2, 0.25) is 0 Å². The van der Waals surface area contributed by atoms with Gasteiger partial charge in [-0.2, -0.15) is 5.10 Å². The Labute approximate surface area is 145 Å². The molecule has 2 atom stereocenters. The van der Waals surface area contributed by atoms with Crippen LogP contribution in [0.1, 0.15) is 35.0 Å². The number of ether oxygens (including phenoxy) is 1. The van der Waals surface area contributed by atoms with Gasteiger partial charge in [-0.3, -0.25) is 9.48 Å². The summed E-state index contributed by atoms with van der Waals surface area (Å²) >= 11 is 0. The van der Waals surface area contributed by atoms with Gasteiger partial charge in [-0.1, -0.05) is 0 Å². The Morgan fingerprint density at radius 2 is 2.40 bits per heavy atom. The van der Waals surface area contributed by atoms with Gasteiger partial charge < -0.3 is 15.0 Å². The van der Waals surface area contributed by atoms with Gasteiger partial charge in [-0.15, -0.1) is 0 Å². The van der Waals surface area contributed by atoms with Crippen LogP contribution in [0.4, 0.5) is 0 Å². The van der Waals surface area contributed by atoms with Crippen molar-refractivity contribution in [1.82, 2.24) is 25.1 Å². The van der Waals surface area contributed by atoms with Crippen molar-refractivity contribution in [3.63, 3.8) is 0 Å². The van der Waals surface area contributed by atoms with Gasteiger partial charge in [0.1, 0.15) is 11.8 Å². The lowest BCUT2D eigenvalue weighted by Crippen LogP contribution is -2.35. The molecule has 1 aliphatic rings. The zero-order valence-electron chi connectivity index (χ0n) is 14.1. The van der Waals surface area contributed by atoms with Crippen LogP contribution in [0, 0.1) is 5.92 Å². The third kappa shape index (κ3) is 3.15. The number of amides is 1. The van der Waals surface area contributed by atoms with E-state index in [1.165, 1.54) is 0 Å². The van der Waals surface area contributed by atoms with Crippen molar-refractivity contribution < 1.29 is 9.53 Å². The van der Waals surface area contributed by atoms with Crippen molar-refractivity contribution in [1.29, 1.82) is 0 Å². The minimum atomic E-state index is -0.107. The second-order valence-corrected chi connectivity index (χ2v) is 6.42. The highest BCUT2D eigenvalue weighted by Crippen LogP contribution is 2.32. The highest BCUT2D eigenvalue weighted by atomic mass is 16.5. The molecule has 0 bridgehead atoms. The van der Waals surface area contributed by atoms with Crippen LogP contribution in [0.3, 0.4) is 0 Å². The Hall–Kier alpha value is -2.67. The average molecular weight is 339 g/mol. The summed E-state index contributed by atoms with van der Waals surface area (Å²) in [6, 6.07) is 5.74. The molecular weight excluding hydrogens is 318 g/mol. The molecule has 1 aliphatic heterocycles. The second-order valence-electron chi connectivity index (χ2n) is 6.42. The fourth-order valence-corrected chi connectivity index (χ4v) is 3.43. The largest absolute Gasteiger partial charge is 0.372 e. The van der Waals surface area contributed by atoms with E-state index >= 15 is 0 Å². The lowest BCUT2D eigenvalue weighted by molar-refractivity contribution is -0.0317. The predicted molar refractivity (Wildman–Crippen MR) is 93.1 cm³/mol. The summed E-state index contributed by atoms with van der Waals surface area (Å²) in [7, 11) is 1.92. The highest BCUT2D eigenvalue weighted by molar-refractivity contribution is 5.96. The van der Waals surface area contributed by atoms with Crippen LogP contribution in [-0.4, -0.2) is 38.8 Å². The average Bonchev–Trinajstić information content (AvgIpc) is 3.27. The molecule has 4 heterocycles. The van der Waals surface area contributed by atoms with Gasteiger partial charge in [-0.25, -0.2) is 4.98 Å². The first-order valence-electron chi connectivity index (χ1n) is 8.53. The maximum absolute atomic E-state index is 12.5. The summed E-state index contributed by atoms with van der Waals surface area (Å²) in [5.41, 5.74) is 2.41. The molecule has 0 radical (unpaired) electrons. The number of fused-ring (bicyclic) bond motifs is 1. The van der Waals surface area contributed by atoms with Gasteiger partial charge in [0.25, 0.3) is 5.91 Å². The molecule has 25 heavy (non-hydrogen) atoms. The monoisotopic (exact) mass is 339 g/mol. The number of pyridine rings is 1. The molecule has 1 amide bonds. The van der Waals surface area contributed by atoms with E-state index < -0.39 is 0 Å². The fourth-order valence-electron chi connectivity index (χ4n) is 3.43. The SMILES string of the molecule is Cn1nccc1[C@@H]1OCCC[C@H]1CNC(=O)c1cnc2[nH]ccc2c1. The molecule has 1 fully saturated rings. The molecule has 7 heteroatoms. The Morgan fingerprint density at radius 1 is 1.48 bits per heavy atom. The third-order valence-electron chi connectivity index (χ3n) is 4.78. The Kier molecular flexibility index (Phi) is 4.23. The zero-order chi connectivity index (χ0) is 17.2. The molecule has 4 rings (SSSR count). The normalized spacial score (nSPS) is 20.7. The predicted octanol–water partition coefficient (Wildman–Crippen LogP) is 2.19. The maximum atomic E-state index is 12.5.